The molecule has 0 aromatic heterocycles. The van der Waals surface area contributed by atoms with Gasteiger partial charge in [-0.25, -0.2) is 13.2 Å². The molecular formula is C33H45F3N2O6S. The zero-order chi connectivity index (χ0) is 33.2. The van der Waals surface area contributed by atoms with E-state index in [4.69, 9.17) is 0 Å². The average Bonchev–Trinajstić information content (AvgIpc) is 2.98. The van der Waals surface area contributed by atoms with Gasteiger partial charge < -0.3 is 15.7 Å². The second-order valence-electron chi connectivity index (χ2n) is 12.1. The number of alkyl halides is 3. The maximum atomic E-state index is 13.4. The summed E-state index contributed by atoms with van der Waals surface area (Å²) in [6.45, 7) is 4.36. The van der Waals surface area contributed by atoms with Gasteiger partial charge in [-0.3, -0.25) is 9.53 Å². The van der Waals surface area contributed by atoms with Crippen molar-refractivity contribution in [1.29, 1.82) is 0 Å². The van der Waals surface area contributed by atoms with Crippen molar-refractivity contribution < 1.29 is 41.0 Å². The lowest BCUT2D eigenvalue weighted by atomic mass is 9.73. The molecule has 2 aromatic carbocycles. The first kappa shape index (κ1) is 36.5. The maximum Gasteiger partial charge on any atom is 0.522 e. The normalized spacial score (nSPS) is 16.6. The second-order valence-corrected chi connectivity index (χ2v) is 14.4. The van der Waals surface area contributed by atoms with E-state index in [2.05, 4.69) is 15.4 Å². The first-order chi connectivity index (χ1) is 21.2. The number of halogens is 3. The number of ether oxygens (including phenoxy) is 1. The van der Waals surface area contributed by atoms with Crippen LogP contribution >= 0.6 is 0 Å². The Morgan fingerprint density at radius 1 is 1.07 bits per heavy atom. The van der Waals surface area contributed by atoms with Crippen LogP contribution in [0.15, 0.2) is 42.5 Å². The Morgan fingerprint density at radius 2 is 1.76 bits per heavy atom. The average molecular weight is 655 g/mol. The van der Waals surface area contributed by atoms with Crippen LogP contribution in [0.4, 0.5) is 13.2 Å². The van der Waals surface area contributed by atoms with E-state index in [1.54, 1.807) is 12.1 Å². The number of rotatable bonds is 16. The fourth-order valence-corrected chi connectivity index (χ4v) is 6.90. The summed E-state index contributed by atoms with van der Waals surface area (Å²) in [5, 5.41) is 15.6. The number of benzene rings is 2. The van der Waals surface area contributed by atoms with Crippen molar-refractivity contribution >= 4 is 21.7 Å². The number of amides is 1. The summed E-state index contributed by atoms with van der Waals surface area (Å²) in [7, 11) is -3.43. The lowest BCUT2D eigenvalue weighted by Gasteiger charge is -2.36. The maximum absolute atomic E-state index is 13.4. The van der Waals surface area contributed by atoms with Crippen LogP contribution < -0.4 is 10.6 Å². The van der Waals surface area contributed by atoms with Gasteiger partial charge in [-0.15, -0.1) is 13.2 Å². The van der Waals surface area contributed by atoms with Gasteiger partial charge in [-0.1, -0.05) is 75.8 Å². The van der Waals surface area contributed by atoms with E-state index in [-0.39, 0.29) is 36.2 Å². The Balaban J connectivity index is 1.83. The molecule has 3 atom stereocenters. The number of carbonyl (C=O) groups is 2. The summed E-state index contributed by atoms with van der Waals surface area (Å²) in [6.07, 6.45) is 1.88. The van der Waals surface area contributed by atoms with Crippen molar-refractivity contribution in [3.05, 3.63) is 59.2 Å². The number of hydrogen-bond donors (Lipinski definition) is 3. The number of carbonyl (C=O) groups excluding carboxylic acids is 1. The second kappa shape index (κ2) is 16.6. The van der Waals surface area contributed by atoms with E-state index in [1.807, 2.05) is 44.2 Å². The summed E-state index contributed by atoms with van der Waals surface area (Å²) in [6, 6.07) is 11.3. The lowest BCUT2D eigenvalue weighted by Crippen LogP contribution is -2.42. The van der Waals surface area contributed by atoms with Crippen LogP contribution in [0.3, 0.4) is 0 Å². The molecule has 0 saturated heterocycles. The highest BCUT2D eigenvalue weighted by atomic mass is 32.2. The van der Waals surface area contributed by atoms with E-state index in [9.17, 15) is 36.3 Å². The Hall–Kier alpha value is -2.96. The van der Waals surface area contributed by atoms with Gasteiger partial charge in [0.1, 0.15) is 15.9 Å². The van der Waals surface area contributed by atoms with Crippen molar-refractivity contribution in [3.8, 4) is 11.1 Å². The SMILES string of the molecule is CCC(COC(F)(F)F)C(CNCc1ccc(C(=O)N[C@@H](CCS(C)(=O)=O)C(=O)O)c(-c2ccccc2C)c1)C1CCCCC1. The number of carboxylic acid groups (broad SMARTS) is 1. The largest absolute Gasteiger partial charge is 0.522 e. The number of carboxylic acids is 1. The zero-order valence-electron chi connectivity index (χ0n) is 26.2. The van der Waals surface area contributed by atoms with Gasteiger partial charge in [0.2, 0.25) is 0 Å². The highest BCUT2D eigenvalue weighted by molar-refractivity contribution is 7.90. The first-order valence-corrected chi connectivity index (χ1v) is 17.6. The molecule has 3 rings (SSSR count). The summed E-state index contributed by atoms with van der Waals surface area (Å²) in [4.78, 5) is 25.2. The van der Waals surface area contributed by atoms with Crippen LogP contribution in [0.1, 0.15) is 73.4 Å². The topological polar surface area (TPSA) is 122 Å². The molecule has 8 nitrogen and oxygen atoms in total. The number of nitrogens with one attached hydrogen (secondary N) is 2. The molecule has 0 aliphatic heterocycles. The quantitative estimate of drug-likeness (QED) is 0.199. The number of aryl methyl sites for hydroxylation is 1. The van der Waals surface area contributed by atoms with Crippen LogP contribution in [-0.2, 0) is 25.9 Å². The summed E-state index contributed by atoms with van der Waals surface area (Å²) < 4.78 is 66.2. The highest BCUT2D eigenvalue weighted by Gasteiger charge is 2.35. The Morgan fingerprint density at radius 3 is 2.36 bits per heavy atom. The van der Waals surface area contributed by atoms with Crippen LogP contribution in [0.2, 0.25) is 0 Å². The van der Waals surface area contributed by atoms with Gasteiger partial charge in [0.15, 0.2) is 0 Å². The zero-order valence-corrected chi connectivity index (χ0v) is 27.0. The van der Waals surface area contributed by atoms with Crippen LogP contribution in [-0.4, -0.2) is 63.0 Å². The molecule has 0 heterocycles. The molecule has 1 saturated carbocycles. The molecule has 2 unspecified atom stereocenters. The van der Waals surface area contributed by atoms with Crippen molar-refractivity contribution in [2.24, 2.45) is 17.8 Å². The molecule has 3 N–H and O–H groups in total. The molecule has 2 aromatic rings. The standard InChI is InChI=1S/C33H45F3N2O6S/c1-4-24(21-44-33(34,35)36)29(25-11-6-5-7-12-25)20-37-19-23-14-15-27(28(18-23)26-13-9-8-10-22(26)2)31(39)38-30(32(40)41)16-17-45(3,42)43/h8-10,13-15,18,24-25,29-30,37H,4-7,11-12,16-17,19-21H2,1-3H3,(H,38,39)(H,40,41)/t24?,29?,30-/m0/s1. The molecule has 12 heteroatoms. The van der Waals surface area contributed by atoms with Crippen molar-refractivity contribution in [3.63, 3.8) is 0 Å². The Bertz CT molecular complexity index is 1390. The monoisotopic (exact) mass is 654 g/mol. The van der Waals surface area contributed by atoms with Crippen LogP contribution in [0, 0.1) is 24.7 Å². The predicted molar refractivity (Wildman–Crippen MR) is 167 cm³/mol. The third kappa shape index (κ3) is 11.7. The summed E-state index contributed by atoms with van der Waals surface area (Å²) in [5.74, 6) is -2.28. The Kier molecular flexibility index (Phi) is 13.4. The minimum Gasteiger partial charge on any atom is -0.480 e. The van der Waals surface area contributed by atoms with Gasteiger partial charge in [0.05, 0.1) is 12.4 Å². The van der Waals surface area contributed by atoms with E-state index < -0.39 is 34.1 Å². The predicted octanol–water partition coefficient (Wildman–Crippen LogP) is 6.13. The molecule has 1 aliphatic carbocycles. The molecular weight excluding hydrogens is 609 g/mol. The van der Waals surface area contributed by atoms with Crippen LogP contribution in [0.5, 0.6) is 0 Å². The van der Waals surface area contributed by atoms with E-state index >= 15 is 0 Å². The fraction of sp³-hybridized carbons (Fsp3) is 0.576. The third-order valence-electron chi connectivity index (χ3n) is 8.70. The molecule has 1 aliphatic rings. The fourth-order valence-electron chi connectivity index (χ4n) is 6.23. The number of hydrogen-bond acceptors (Lipinski definition) is 6. The van der Waals surface area contributed by atoms with E-state index in [1.165, 1.54) is 0 Å². The van der Waals surface area contributed by atoms with Gasteiger partial charge >= 0.3 is 12.3 Å². The van der Waals surface area contributed by atoms with Crippen molar-refractivity contribution in [2.75, 3.05) is 25.2 Å². The van der Waals surface area contributed by atoms with Crippen molar-refractivity contribution in [2.45, 2.75) is 77.7 Å². The highest BCUT2D eigenvalue weighted by Crippen LogP contribution is 2.36. The summed E-state index contributed by atoms with van der Waals surface area (Å²) >= 11 is 0. The molecule has 45 heavy (non-hydrogen) atoms. The first-order valence-electron chi connectivity index (χ1n) is 15.5. The van der Waals surface area contributed by atoms with Gasteiger partial charge in [0.25, 0.3) is 5.91 Å². The smallest absolute Gasteiger partial charge is 0.480 e. The van der Waals surface area contributed by atoms with E-state index in [0.29, 0.717) is 31.0 Å². The number of aliphatic carboxylic acids is 1. The Labute approximate surface area is 264 Å². The molecule has 250 valence electrons. The minimum absolute atomic E-state index is 0.0124. The number of sulfone groups is 1. The molecule has 1 fully saturated rings. The lowest BCUT2D eigenvalue weighted by molar-refractivity contribution is -0.330. The minimum atomic E-state index is -4.67. The van der Waals surface area contributed by atoms with E-state index in [0.717, 1.165) is 55.1 Å². The van der Waals surface area contributed by atoms with Gasteiger partial charge in [0, 0.05) is 18.4 Å². The third-order valence-corrected chi connectivity index (χ3v) is 9.68. The van der Waals surface area contributed by atoms with Crippen molar-refractivity contribution in [1.82, 2.24) is 10.6 Å². The molecule has 0 bridgehead atoms. The molecule has 0 spiro atoms. The molecule has 1 amide bonds. The van der Waals surface area contributed by atoms with Crippen LogP contribution in [0.25, 0.3) is 11.1 Å². The van der Waals surface area contributed by atoms with Gasteiger partial charge in [-0.05, 0) is 72.0 Å². The molecule has 0 radical (unpaired) electrons. The summed E-state index contributed by atoms with van der Waals surface area (Å²) in [5.41, 5.74) is 3.36. The van der Waals surface area contributed by atoms with Gasteiger partial charge in [-0.2, -0.15) is 0 Å².